The lowest BCUT2D eigenvalue weighted by atomic mass is 10.0. The molecule has 4 heteroatoms. The van der Waals surface area contributed by atoms with Crippen molar-refractivity contribution in [3.63, 3.8) is 0 Å². The molecule has 0 heterocycles. The number of carbonyl (C=O) groups is 2. The maximum absolute atomic E-state index is 13.0. The van der Waals surface area contributed by atoms with E-state index in [1.807, 2.05) is 4.90 Å². The fraction of sp³-hybridized carbons (Fsp3) is 0.355. The Labute approximate surface area is 209 Å². The highest BCUT2D eigenvalue weighted by molar-refractivity contribution is 5.87. The van der Waals surface area contributed by atoms with Crippen molar-refractivity contribution in [1.29, 1.82) is 0 Å². The highest BCUT2D eigenvalue weighted by Crippen LogP contribution is 2.22. The van der Waals surface area contributed by atoms with Crippen molar-refractivity contribution in [1.82, 2.24) is 4.90 Å². The van der Waals surface area contributed by atoms with E-state index < -0.39 is 5.97 Å². The van der Waals surface area contributed by atoms with E-state index in [0.29, 0.717) is 19.5 Å². The summed E-state index contributed by atoms with van der Waals surface area (Å²) < 4.78 is 0. The Kier molecular flexibility index (Phi) is 10.1. The van der Waals surface area contributed by atoms with Crippen LogP contribution in [-0.4, -0.2) is 21.9 Å². The van der Waals surface area contributed by atoms with E-state index in [1.54, 1.807) is 24.3 Å². The van der Waals surface area contributed by atoms with Gasteiger partial charge < -0.3 is 10.0 Å². The van der Waals surface area contributed by atoms with E-state index >= 15 is 0 Å². The maximum atomic E-state index is 13.0. The first kappa shape index (κ1) is 26.2. The van der Waals surface area contributed by atoms with Crippen LogP contribution in [-0.2, 0) is 24.3 Å². The normalized spacial score (nSPS) is 10.8. The summed E-state index contributed by atoms with van der Waals surface area (Å²) >= 11 is 0. The molecule has 1 amide bonds. The third kappa shape index (κ3) is 8.10. The van der Waals surface area contributed by atoms with E-state index in [1.165, 1.54) is 29.5 Å². The Morgan fingerprint density at radius 1 is 0.657 bits per heavy atom. The van der Waals surface area contributed by atoms with E-state index in [4.69, 9.17) is 5.11 Å². The smallest absolute Gasteiger partial charge is 0.335 e. The van der Waals surface area contributed by atoms with Gasteiger partial charge in [-0.15, -0.1) is 0 Å². The quantitative estimate of drug-likeness (QED) is 0.263. The summed E-state index contributed by atoms with van der Waals surface area (Å²) in [5.41, 5.74) is 6.01. The number of hydrogen-bond acceptors (Lipinski definition) is 2. The number of hydrogen-bond donors (Lipinski definition) is 1. The zero-order valence-electron chi connectivity index (χ0n) is 21.0. The van der Waals surface area contributed by atoms with Crippen molar-refractivity contribution in [2.45, 2.75) is 71.9 Å². The van der Waals surface area contributed by atoms with Gasteiger partial charge in [0.2, 0.25) is 5.91 Å². The number of nitrogens with zero attached hydrogens (tertiary/aromatic N) is 1. The average Bonchev–Trinajstić information content (AvgIpc) is 2.88. The predicted octanol–water partition coefficient (Wildman–Crippen LogP) is 7.50. The zero-order chi connectivity index (χ0) is 25.0. The van der Waals surface area contributed by atoms with Crippen LogP contribution < -0.4 is 0 Å². The van der Waals surface area contributed by atoms with Gasteiger partial charge in [0.1, 0.15) is 0 Å². The minimum atomic E-state index is -0.945. The van der Waals surface area contributed by atoms with Crippen molar-refractivity contribution in [3.05, 3.63) is 95.1 Å². The summed E-state index contributed by atoms with van der Waals surface area (Å²) in [6, 6.07) is 24.0. The summed E-state index contributed by atoms with van der Waals surface area (Å²) in [4.78, 5) is 26.1. The summed E-state index contributed by atoms with van der Waals surface area (Å²) in [6.45, 7) is 5.34. The first-order chi connectivity index (χ1) is 17.0. The molecule has 3 aromatic carbocycles. The van der Waals surface area contributed by atoms with Gasteiger partial charge in [-0.1, -0.05) is 93.8 Å². The molecule has 0 aliphatic carbocycles. The molecule has 1 N–H and O–H groups in total. The molecule has 0 fully saturated rings. The number of carboxylic acids is 1. The molecule has 0 saturated carbocycles. The largest absolute Gasteiger partial charge is 0.478 e. The Morgan fingerprint density at radius 2 is 1.14 bits per heavy atom. The van der Waals surface area contributed by atoms with Crippen molar-refractivity contribution >= 4 is 11.9 Å². The lowest BCUT2D eigenvalue weighted by Crippen LogP contribution is -2.30. The number of aromatic carboxylic acids is 1. The number of unbranched alkanes of at least 4 members (excludes halogenated alkanes) is 3. The van der Waals surface area contributed by atoms with Crippen LogP contribution in [0.2, 0.25) is 0 Å². The van der Waals surface area contributed by atoms with Crippen LogP contribution in [0.15, 0.2) is 72.8 Å². The lowest BCUT2D eigenvalue weighted by molar-refractivity contribution is -0.132. The van der Waals surface area contributed by atoms with Gasteiger partial charge in [-0.2, -0.15) is 0 Å². The SMILES string of the molecule is CCCCCC(=O)N(Cc1ccc(C(=O)O)cc1)Cc1ccc(-c2ccc(CCCC)cc2)cc1. The summed E-state index contributed by atoms with van der Waals surface area (Å²) in [5.74, 6) is -0.813. The molecule has 0 saturated heterocycles. The standard InChI is InChI=1S/C31H37NO3/c1-3-5-7-9-30(33)32(23-26-14-20-29(21-15-26)31(34)35)22-25-12-18-28(19-13-25)27-16-10-24(11-17-27)8-6-4-2/h10-21H,3-9,22-23H2,1-2H3,(H,34,35). The number of carbonyl (C=O) groups excluding carboxylic acids is 1. The van der Waals surface area contributed by atoms with E-state index in [0.717, 1.165) is 36.8 Å². The third-order valence-electron chi connectivity index (χ3n) is 6.35. The average molecular weight is 472 g/mol. The molecule has 0 unspecified atom stereocenters. The molecule has 0 aromatic heterocycles. The van der Waals surface area contributed by atoms with Crippen molar-refractivity contribution in [2.75, 3.05) is 0 Å². The molecule has 0 bridgehead atoms. The van der Waals surface area contributed by atoms with Crippen LogP contribution in [0, 0.1) is 0 Å². The van der Waals surface area contributed by atoms with Crippen LogP contribution in [0.5, 0.6) is 0 Å². The molecule has 0 atom stereocenters. The van der Waals surface area contributed by atoms with Gasteiger partial charge in [0.15, 0.2) is 0 Å². The minimum absolute atomic E-state index is 0.132. The fourth-order valence-electron chi connectivity index (χ4n) is 4.16. The van der Waals surface area contributed by atoms with Gasteiger partial charge in [0.05, 0.1) is 5.56 Å². The summed E-state index contributed by atoms with van der Waals surface area (Å²) in [6.07, 6.45) is 7.07. The van der Waals surface area contributed by atoms with Gasteiger partial charge in [0.25, 0.3) is 0 Å². The van der Waals surface area contributed by atoms with E-state index in [9.17, 15) is 9.59 Å². The molecule has 35 heavy (non-hydrogen) atoms. The number of aryl methyl sites for hydroxylation is 1. The number of benzene rings is 3. The highest BCUT2D eigenvalue weighted by atomic mass is 16.4. The Hall–Kier alpha value is -3.40. The van der Waals surface area contributed by atoms with Gasteiger partial charge in [0, 0.05) is 19.5 Å². The van der Waals surface area contributed by atoms with Crippen LogP contribution >= 0.6 is 0 Å². The third-order valence-corrected chi connectivity index (χ3v) is 6.35. The van der Waals surface area contributed by atoms with Crippen molar-refractivity contribution < 1.29 is 14.7 Å². The van der Waals surface area contributed by atoms with Crippen molar-refractivity contribution in [3.8, 4) is 11.1 Å². The second kappa shape index (κ2) is 13.5. The molecule has 3 aromatic rings. The first-order valence-electron chi connectivity index (χ1n) is 12.8. The van der Waals surface area contributed by atoms with Gasteiger partial charge in [-0.05, 0) is 59.2 Å². The van der Waals surface area contributed by atoms with Gasteiger partial charge in [-0.3, -0.25) is 4.79 Å². The predicted molar refractivity (Wildman–Crippen MR) is 142 cm³/mol. The fourth-order valence-corrected chi connectivity index (χ4v) is 4.16. The molecule has 0 radical (unpaired) electrons. The lowest BCUT2D eigenvalue weighted by Gasteiger charge is -2.23. The molecular weight excluding hydrogens is 434 g/mol. The molecule has 184 valence electrons. The number of rotatable bonds is 13. The van der Waals surface area contributed by atoms with E-state index in [-0.39, 0.29) is 11.5 Å². The summed E-state index contributed by atoms with van der Waals surface area (Å²) in [5, 5.41) is 9.15. The van der Waals surface area contributed by atoms with Crippen LogP contribution in [0.3, 0.4) is 0 Å². The minimum Gasteiger partial charge on any atom is -0.478 e. The topological polar surface area (TPSA) is 57.6 Å². The van der Waals surface area contributed by atoms with Crippen LogP contribution in [0.4, 0.5) is 0 Å². The second-order valence-corrected chi connectivity index (χ2v) is 9.21. The molecular formula is C31H37NO3. The molecule has 0 spiro atoms. The zero-order valence-corrected chi connectivity index (χ0v) is 21.0. The van der Waals surface area contributed by atoms with Gasteiger partial charge >= 0.3 is 5.97 Å². The second-order valence-electron chi connectivity index (χ2n) is 9.21. The summed E-state index contributed by atoms with van der Waals surface area (Å²) in [7, 11) is 0. The molecule has 3 rings (SSSR count). The number of carboxylic acid groups (broad SMARTS) is 1. The van der Waals surface area contributed by atoms with Crippen LogP contribution in [0.25, 0.3) is 11.1 Å². The Bertz CT molecular complexity index is 1070. The van der Waals surface area contributed by atoms with Crippen LogP contribution in [0.1, 0.15) is 79.4 Å². The first-order valence-corrected chi connectivity index (χ1v) is 12.8. The Morgan fingerprint density at radius 3 is 1.63 bits per heavy atom. The van der Waals surface area contributed by atoms with Gasteiger partial charge in [-0.25, -0.2) is 4.79 Å². The maximum Gasteiger partial charge on any atom is 0.335 e. The molecule has 0 aliphatic rings. The van der Waals surface area contributed by atoms with E-state index in [2.05, 4.69) is 62.4 Å². The monoisotopic (exact) mass is 471 g/mol. The molecule has 0 aliphatic heterocycles. The number of amides is 1. The van der Waals surface area contributed by atoms with Crippen molar-refractivity contribution in [2.24, 2.45) is 0 Å². The highest BCUT2D eigenvalue weighted by Gasteiger charge is 2.15. The Balaban J connectivity index is 1.70. The molecule has 4 nitrogen and oxygen atoms in total.